The summed E-state index contributed by atoms with van der Waals surface area (Å²) in [6.07, 6.45) is 6.47. The van der Waals surface area contributed by atoms with E-state index in [0.717, 1.165) is 37.6 Å². The van der Waals surface area contributed by atoms with Gasteiger partial charge >= 0.3 is 0 Å². The van der Waals surface area contributed by atoms with Gasteiger partial charge in [-0.05, 0) is 37.5 Å². The molecule has 1 N–H and O–H groups in total. The molecule has 1 saturated heterocycles. The fourth-order valence-corrected chi connectivity index (χ4v) is 3.64. The molecule has 5 nitrogen and oxygen atoms in total. The molecule has 1 aliphatic heterocycles. The lowest BCUT2D eigenvalue weighted by molar-refractivity contribution is 0.0921. The molecule has 0 unspecified atom stereocenters. The first-order valence-corrected chi connectivity index (χ1v) is 8.69. The van der Waals surface area contributed by atoms with Crippen LogP contribution in [0.15, 0.2) is 10.6 Å². The molecular weight excluding hydrogens is 278 g/mol. The smallest absolute Gasteiger partial charge is 0.273 e. The van der Waals surface area contributed by atoms with E-state index in [9.17, 15) is 4.79 Å². The summed E-state index contributed by atoms with van der Waals surface area (Å²) >= 11 is 0. The second-order valence-electron chi connectivity index (χ2n) is 7.46. The van der Waals surface area contributed by atoms with Crippen molar-refractivity contribution in [2.45, 2.75) is 51.0 Å². The van der Waals surface area contributed by atoms with Gasteiger partial charge in [-0.2, -0.15) is 0 Å². The fraction of sp³-hybridized carbons (Fsp3) is 0.765. The Bertz CT molecular complexity index is 548. The SMILES string of the molecule is C[C@@H]1CN(CC2CCC2)C[C@@H]1NC(=O)c1cc(C2CC2)on1. The van der Waals surface area contributed by atoms with E-state index in [0.29, 0.717) is 17.5 Å². The Kier molecular flexibility index (Phi) is 3.68. The lowest BCUT2D eigenvalue weighted by Crippen LogP contribution is -2.40. The maximum atomic E-state index is 12.3. The third kappa shape index (κ3) is 2.91. The van der Waals surface area contributed by atoms with Crippen LogP contribution in [-0.2, 0) is 0 Å². The van der Waals surface area contributed by atoms with Gasteiger partial charge in [0.25, 0.3) is 5.91 Å². The van der Waals surface area contributed by atoms with E-state index in [4.69, 9.17) is 4.52 Å². The van der Waals surface area contributed by atoms with Crippen LogP contribution in [0.2, 0.25) is 0 Å². The van der Waals surface area contributed by atoms with Crippen molar-refractivity contribution in [1.29, 1.82) is 0 Å². The van der Waals surface area contributed by atoms with Crippen molar-refractivity contribution >= 4 is 5.91 Å². The van der Waals surface area contributed by atoms with Crippen molar-refractivity contribution < 1.29 is 9.32 Å². The van der Waals surface area contributed by atoms with Crippen LogP contribution in [0.3, 0.4) is 0 Å². The molecule has 0 bridgehead atoms. The average molecular weight is 303 g/mol. The highest BCUT2D eigenvalue weighted by atomic mass is 16.5. The molecule has 22 heavy (non-hydrogen) atoms. The summed E-state index contributed by atoms with van der Waals surface area (Å²) in [5, 5.41) is 7.09. The lowest BCUT2D eigenvalue weighted by Gasteiger charge is -2.30. The minimum atomic E-state index is -0.0852. The van der Waals surface area contributed by atoms with Gasteiger partial charge in [0.05, 0.1) is 0 Å². The van der Waals surface area contributed by atoms with Crippen LogP contribution in [0.4, 0.5) is 0 Å². The van der Waals surface area contributed by atoms with Crippen LogP contribution in [0.25, 0.3) is 0 Å². The van der Waals surface area contributed by atoms with Crippen LogP contribution >= 0.6 is 0 Å². The molecule has 0 aromatic carbocycles. The molecule has 0 radical (unpaired) electrons. The number of nitrogens with one attached hydrogen (secondary N) is 1. The second kappa shape index (κ2) is 5.69. The molecule has 5 heteroatoms. The number of hydrogen-bond acceptors (Lipinski definition) is 4. The van der Waals surface area contributed by atoms with Crippen molar-refractivity contribution in [2.24, 2.45) is 11.8 Å². The third-order valence-corrected chi connectivity index (χ3v) is 5.49. The second-order valence-corrected chi connectivity index (χ2v) is 7.46. The highest BCUT2D eigenvalue weighted by Crippen LogP contribution is 2.40. The topological polar surface area (TPSA) is 58.4 Å². The Labute approximate surface area is 131 Å². The van der Waals surface area contributed by atoms with Crippen LogP contribution in [0.1, 0.15) is 61.2 Å². The highest BCUT2D eigenvalue weighted by molar-refractivity contribution is 5.92. The van der Waals surface area contributed by atoms with E-state index < -0.39 is 0 Å². The summed E-state index contributed by atoms with van der Waals surface area (Å²) in [5.41, 5.74) is 0.437. The summed E-state index contributed by atoms with van der Waals surface area (Å²) in [6.45, 7) is 5.49. The summed E-state index contributed by atoms with van der Waals surface area (Å²) in [7, 11) is 0. The molecule has 120 valence electrons. The monoisotopic (exact) mass is 303 g/mol. The van der Waals surface area contributed by atoms with Gasteiger partial charge in [-0.15, -0.1) is 0 Å². The highest BCUT2D eigenvalue weighted by Gasteiger charge is 2.34. The van der Waals surface area contributed by atoms with E-state index in [1.54, 1.807) is 0 Å². The number of hydrogen-bond donors (Lipinski definition) is 1. The first-order chi connectivity index (χ1) is 10.7. The molecule has 3 aliphatic rings. The van der Waals surface area contributed by atoms with Crippen molar-refractivity contribution in [3.8, 4) is 0 Å². The first-order valence-electron chi connectivity index (χ1n) is 8.69. The van der Waals surface area contributed by atoms with E-state index in [1.807, 2.05) is 6.07 Å². The van der Waals surface area contributed by atoms with E-state index in [-0.39, 0.29) is 11.9 Å². The van der Waals surface area contributed by atoms with Gasteiger partial charge in [0.15, 0.2) is 5.69 Å². The van der Waals surface area contributed by atoms with Gasteiger partial charge < -0.3 is 14.7 Å². The maximum absolute atomic E-state index is 12.3. The molecule has 2 saturated carbocycles. The first kappa shape index (κ1) is 14.2. The molecule has 1 aromatic heterocycles. The molecule has 0 spiro atoms. The van der Waals surface area contributed by atoms with Crippen LogP contribution in [-0.4, -0.2) is 41.6 Å². The molecular formula is C17H25N3O2. The zero-order valence-electron chi connectivity index (χ0n) is 13.3. The lowest BCUT2D eigenvalue weighted by atomic mass is 9.85. The van der Waals surface area contributed by atoms with Gasteiger partial charge in [-0.1, -0.05) is 18.5 Å². The Hall–Kier alpha value is -1.36. The fourth-order valence-electron chi connectivity index (χ4n) is 3.64. The Balaban J connectivity index is 1.32. The van der Waals surface area contributed by atoms with E-state index in [1.165, 1.54) is 25.8 Å². The molecule has 4 rings (SSSR count). The van der Waals surface area contributed by atoms with Gasteiger partial charge in [0, 0.05) is 37.7 Å². The van der Waals surface area contributed by atoms with Crippen molar-refractivity contribution in [3.63, 3.8) is 0 Å². The molecule has 3 fully saturated rings. The van der Waals surface area contributed by atoms with Gasteiger partial charge in [0.2, 0.25) is 0 Å². The minimum absolute atomic E-state index is 0.0852. The third-order valence-electron chi connectivity index (χ3n) is 5.49. The maximum Gasteiger partial charge on any atom is 0.273 e. The number of carbonyl (C=O) groups excluding carboxylic acids is 1. The number of likely N-dealkylation sites (tertiary alicyclic amines) is 1. The Morgan fingerprint density at radius 2 is 2.18 bits per heavy atom. The zero-order valence-corrected chi connectivity index (χ0v) is 13.3. The van der Waals surface area contributed by atoms with Crippen molar-refractivity contribution in [1.82, 2.24) is 15.4 Å². The molecule has 2 atom stereocenters. The predicted octanol–water partition coefficient (Wildman–Crippen LogP) is 2.40. The Morgan fingerprint density at radius 3 is 2.86 bits per heavy atom. The zero-order chi connectivity index (χ0) is 15.1. The van der Waals surface area contributed by atoms with Crippen molar-refractivity contribution in [2.75, 3.05) is 19.6 Å². The number of amides is 1. The largest absolute Gasteiger partial charge is 0.360 e. The normalized spacial score (nSPS) is 29.5. The average Bonchev–Trinajstić information content (AvgIpc) is 3.08. The van der Waals surface area contributed by atoms with Crippen LogP contribution in [0.5, 0.6) is 0 Å². The van der Waals surface area contributed by atoms with E-state index >= 15 is 0 Å². The summed E-state index contributed by atoms with van der Waals surface area (Å²) in [4.78, 5) is 14.9. The van der Waals surface area contributed by atoms with Crippen molar-refractivity contribution in [3.05, 3.63) is 17.5 Å². The molecule has 1 amide bonds. The number of nitrogens with zero attached hydrogens (tertiary/aromatic N) is 2. The number of carbonyl (C=O) groups is 1. The van der Waals surface area contributed by atoms with Crippen LogP contribution < -0.4 is 5.32 Å². The summed E-state index contributed by atoms with van der Waals surface area (Å²) in [5.74, 6) is 2.67. The standard InChI is InChI=1S/C17H25N3O2/c1-11-8-20(9-12-3-2-4-12)10-15(11)18-17(21)14-7-16(22-19-14)13-5-6-13/h7,11-13,15H,2-6,8-10H2,1H3,(H,18,21)/t11-,15+/m1/s1. The van der Waals surface area contributed by atoms with Gasteiger partial charge in [0.1, 0.15) is 5.76 Å². The molecule has 1 aromatic rings. The minimum Gasteiger partial charge on any atom is -0.360 e. The van der Waals surface area contributed by atoms with Crippen LogP contribution in [0, 0.1) is 11.8 Å². The molecule has 2 heterocycles. The number of rotatable bonds is 5. The van der Waals surface area contributed by atoms with Gasteiger partial charge in [-0.3, -0.25) is 4.79 Å². The molecule has 2 aliphatic carbocycles. The quantitative estimate of drug-likeness (QED) is 0.907. The Morgan fingerprint density at radius 1 is 1.36 bits per heavy atom. The predicted molar refractivity (Wildman–Crippen MR) is 82.7 cm³/mol. The van der Waals surface area contributed by atoms with Gasteiger partial charge in [-0.25, -0.2) is 0 Å². The summed E-state index contributed by atoms with van der Waals surface area (Å²) < 4.78 is 5.28. The summed E-state index contributed by atoms with van der Waals surface area (Å²) in [6, 6.07) is 2.05. The van der Waals surface area contributed by atoms with E-state index in [2.05, 4.69) is 22.3 Å². The number of aromatic nitrogens is 1.